The first-order chi connectivity index (χ1) is 66.5. The number of nitrogen functional groups attached to an aromatic ring is 6. The van der Waals surface area contributed by atoms with Gasteiger partial charge in [-0.2, -0.15) is 15.0 Å². The molecule has 60 nitrogen and oxygen atoms in total. The third-order valence-corrected chi connectivity index (χ3v) is 33.5. The molecule has 21 N–H and O–H groups in total. The van der Waals surface area contributed by atoms with Crippen molar-refractivity contribution in [1.29, 1.82) is 0 Å². The van der Waals surface area contributed by atoms with Crippen LogP contribution < -0.4 is 51.1 Å². The van der Waals surface area contributed by atoms with E-state index in [1.165, 1.54) is 51.7 Å². The average Bonchev–Trinajstić information content (AvgIpc) is 1.56. The highest BCUT2D eigenvalue weighted by Crippen LogP contribution is 2.66. The third-order valence-electron chi connectivity index (χ3n) is 24.3. The number of anilines is 6. The Hall–Kier alpha value is -8.10. The summed E-state index contributed by atoms with van der Waals surface area (Å²) in [4.78, 5) is 171. The van der Waals surface area contributed by atoms with Gasteiger partial charge in [0.1, 0.15) is 89.0 Å². The monoisotopic (exact) mass is 2210 g/mol. The molecule has 0 amide bonds. The largest absolute Gasteiger partial charge is 0.382 e. The predicted octanol–water partition coefficient (Wildman–Crippen LogP) is -1.28. The maximum absolute atomic E-state index is 16.0. The third kappa shape index (κ3) is 16.8. The van der Waals surface area contributed by atoms with Crippen LogP contribution in [0.5, 0.6) is 0 Å². The van der Waals surface area contributed by atoms with Crippen LogP contribution in [0.4, 0.5) is 61.6 Å². The van der Waals surface area contributed by atoms with E-state index in [1.807, 2.05) is 0 Å². The van der Waals surface area contributed by atoms with Gasteiger partial charge in [-0.3, -0.25) is 83.9 Å². The van der Waals surface area contributed by atoms with E-state index in [4.69, 9.17) is 202 Å². The lowest BCUT2D eigenvalue weighted by atomic mass is 10.0. The second-order valence-corrected chi connectivity index (χ2v) is 49.6. The van der Waals surface area contributed by atoms with Crippen LogP contribution in [0.2, 0.25) is 0 Å². The van der Waals surface area contributed by atoms with Gasteiger partial charge in [-0.25, -0.2) is 86.2 Å². The van der Waals surface area contributed by atoms with E-state index < -0.39 is 242 Å². The molecule has 0 radical (unpaired) electrons. The summed E-state index contributed by atoms with van der Waals surface area (Å²) >= 11 is 31.2. The molecule has 12 aromatic rings. The van der Waals surface area contributed by atoms with Crippen LogP contribution in [0.25, 0.3) is 67.0 Å². The van der Waals surface area contributed by atoms with Crippen molar-refractivity contribution in [1.82, 2.24) is 117 Å². The van der Waals surface area contributed by atoms with Gasteiger partial charge in [0.15, 0.2) is 142 Å². The number of fused-ring (bicyclic) bond motifs is 12. The zero-order valence-corrected chi connectivity index (χ0v) is 80.0. The molecule has 27 atom stereocenters. The number of alkyl halides is 6. The summed E-state index contributed by atoms with van der Waals surface area (Å²) < 4.78 is 224. The molecule has 12 saturated heterocycles. The average molecular weight is 2220 g/mol. The first-order valence-corrected chi connectivity index (χ1v) is 56.0. The molecular weight excluding hydrogens is 2150 g/mol. The summed E-state index contributed by atoms with van der Waals surface area (Å²) in [7, 11) is 0. The van der Waals surface area contributed by atoms with Crippen LogP contribution in [-0.2, 0) is 168 Å². The van der Waals surface area contributed by atoms with Gasteiger partial charge in [0.2, 0.25) is 17.8 Å². The first kappa shape index (κ1) is 97.6. The molecule has 141 heavy (non-hydrogen) atoms. The molecule has 12 fully saturated rings. The van der Waals surface area contributed by atoms with E-state index in [0.29, 0.717) is 0 Å². The van der Waals surface area contributed by atoms with Gasteiger partial charge in [-0.1, -0.05) is 0 Å². The maximum Gasteiger partial charge on any atom is 0.325 e. The number of ether oxygens (including phenoxy) is 9. The molecule has 12 aromatic heterocycles. The van der Waals surface area contributed by atoms with E-state index >= 15 is 26.3 Å². The molecule has 756 valence electrons. The van der Waals surface area contributed by atoms with Gasteiger partial charge in [0, 0.05) is 0 Å². The Morgan fingerprint density at radius 3 is 0.816 bits per heavy atom. The Morgan fingerprint density at radius 2 is 0.553 bits per heavy atom. The Labute approximate surface area is 805 Å². The standard InChI is InChI=1S/3C21H22F2N10O10P2S2/c3*22-21(23)7-1-38-44(35,46)42-11-10-17(32-5-28-8-13(24)26-4-27-14(8)32)41-20(11,2-37-10)3-39-45(36,47)43-12(21)18(40-7)33-6-29-9-15(33)30-19(25)31-16(9)34/h3*4-7,10-12,17-18H,1-3H2,(H,35,46)(H,36,47)(H2,24,26,27)(H3,25,30,31,34)/t3*7-,10-,11+,12+,17-,18-,20-,44?,45?/m111/s1. The molecule has 0 saturated carbocycles. The molecule has 0 aromatic carbocycles. The van der Waals surface area contributed by atoms with Gasteiger partial charge in [-0.05, 0) is 70.8 Å². The van der Waals surface area contributed by atoms with E-state index in [0.717, 1.165) is 32.7 Å². The summed E-state index contributed by atoms with van der Waals surface area (Å²) in [6, 6.07) is 0. The van der Waals surface area contributed by atoms with Crippen molar-refractivity contribution in [2.45, 2.75) is 145 Å². The molecule has 12 bridgehead atoms. The SMILES string of the molecule is Nc1nc2c(ncn2[C@@H]2O[C@@H]3COP(O)(=S)O[C@H]4[C@H]5OC[C@]4(COP(O)(=S)O[C@@H]2C3(F)F)O[C@H]5n2cnc3c(N)ncnc32)c(=O)[nH]1.Nc1nc2c(ncn2[C@@H]2O[C@@H]3COP(O)(=S)O[C@H]4[C@H]5OC[C@]4(COP(O)(=S)O[C@@H]2C3(F)F)O[C@H]5n2cnc3c(N)ncnc32)c(=O)[nH]1.Nc1nc2c(ncn2[C@@H]2O[C@@H]3COP(O)(=S)O[C@H]4[C@H]5OC[C@]4(COP(O)(=S)O[C@@H]2C3(F)F)O[C@H]5n2cnc3c(N)ncnc32)c(=O)[nH]1. The molecular formula is C63H66F6N30O30P6S6. The lowest BCUT2D eigenvalue weighted by molar-refractivity contribution is -0.183. The number of aromatic amines is 3. The van der Waals surface area contributed by atoms with Crippen LogP contribution in [0.3, 0.4) is 0 Å². The molecule has 0 aliphatic carbocycles. The number of nitrogens with two attached hydrogens (primary N) is 6. The number of hydrogen-bond donors (Lipinski definition) is 15. The zero-order valence-electron chi connectivity index (χ0n) is 69.7. The summed E-state index contributed by atoms with van der Waals surface area (Å²) in [5.41, 5.74) is 27.9. The summed E-state index contributed by atoms with van der Waals surface area (Å²) in [5, 5.41) is 0. The van der Waals surface area contributed by atoms with Gasteiger partial charge < -0.3 is 134 Å². The maximum atomic E-state index is 16.0. The van der Waals surface area contributed by atoms with Crippen LogP contribution in [0.1, 0.15) is 37.4 Å². The van der Waals surface area contributed by atoms with Crippen molar-refractivity contribution >= 4 is 213 Å². The van der Waals surface area contributed by atoms with Gasteiger partial charge >= 0.3 is 58.1 Å². The fraction of sp³-hybridized carbons (Fsp3) is 0.524. The summed E-state index contributed by atoms with van der Waals surface area (Å²) in [6.45, 7) is -32.4. The number of halogens is 6. The molecule has 12 aliphatic rings. The Morgan fingerprint density at radius 1 is 0.319 bits per heavy atom. The fourth-order valence-electron chi connectivity index (χ4n) is 17.8. The highest BCUT2D eigenvalue weighted by molar-refractivity contribution is 8.08. The first-order valence-electron chi connectivity index (χ1n) is 40.4. The summed E-state index contributed by atoms with van der Waals surface area (Å²) in [6.07, 6.45) is -17.8. The minimum atomic E-state index is -4.58. The van der Waals surface area contributed by atoms with Gasteiger partial charge in [0.05, 0.1) is 97.4 Å². The van der Waals surface area contributed by atoms with E-state index in [1.54, 1.807) is 0 Å². The second kappa shape index (κ2) is 34.5. The number of H-pyrrole nitrogens is 3. The second-order valence-electron chi connectivity index (χ2n) is 32.9. The fourth-order valence-corrected chi connectivity index (χ4v) is 26.4. The number of aromatic nitrogens is 24. The number of rotatable bonds is 6. The molecule has 6 unspecified atom stereocenters. The van der Waals surface area contributed by atoms with Crippen molar-refractivity contribution in [3.63, 3.8) is 0 Å². The van der Waals surface area contributed by atoms with Crippen molar-refractivity contribution < 1.29 is 153 Å². The molecule has 0 spiro atoms. The molecule has 24 rings (SSSR count). The minimum absolute atomic E-state index is 0.109. The Kier molecular flexibility index (Phi) is 23.9. The Balaban J connectivity index is 0.000000121. The van der Waals surface area contributed by atoms with Crippen LogP contribution in [0, 0.1) is 0 Å². The van der Waals surface area contributed by atoms with Gasteiger partial charge in [-0.15, -0.1) is 0 Å². The number of nitrogens with one attached hydrogen (secondary N) is 3. The van der Waals surface area contributed by atoms with Crippen molar-refractivity contribution in [2.75, 3.05) is 93.9 Å². The molecule has 12 aliphatic heterocycles. The molecule has 78 heteroatoms. The van der Waals surface area contributed by atoms with E-state index in [9.17, 15) is 43.7 Å². The Bertz CT molecular complexity index is 6950. The smallest absolute Gasteiger partial charge is 0.325 e. The predicted molar refractivity (Wildman–Crippen MR) is 475 cm³/mol. The number of imidazole rings is 6. The van der Waals surface area contributed by atoms with Crippen molar-refractivity contribution in [2.24, 2.45) is 0 Å². The lowest BCUT2D eigenvalue weighted by Gasteiger charge is -2.33. The van der Waals surface area contributed by atoms with Crippen LogP contribution in [0.15, 0.2) is 71.3 Å². The van der Waals surface area contributed by atoms with Crippen LogP contribution >= 0.6 is 40.3 Å². The normalized spacial score (nSPS) is 38.6. The van der Waals surface area contributed by atoms with Gasteiger partial charge in [0.25, 0.3) is 16.7 Å². The zero-order chi connectivity index (χ0) is 99.3. The molecule has 24 heterocycles. The van der Waals surface area contributed by atoms with Crippen molar-refractivity contribution in [3.05, 3.63) is 88.0 Å². The lowest BCUT2D eigenvalue weighted by Crippen LogP contribution is -2.46. The van der Waals surface area contributed by atoms with E-state index in [2.05, 4.69) is 89.7 Å². The number of hydrogen-bond acceptors (Lipinski definition) is 51. The van der Waals surface area contributed by atoms with Crippen LogP contribution in [-0.4, -0.2) is 314 Å². The number of nitrogens with zero attached hydrogens (tertiary/aromatic N) is 21. The highest BCUT2D eigenvalue weighted by atomic mass is 32.5. The van der Waals surface area contributed by atoms with E-state index in [-0.39, 0.29) is 122 Å². The van der Waals surface area contributed by atoms with Crippen molar-refractivity contribution in [3.8, 4) is 0 Å². The topological polar surface area (TPSA) is 793 Å². The highest BCUT2D eigenvalue weighted by Gasteiger charge is 2.72. The minimum Gasteiger partial charge on any atom is -0.382 e. The quantitative estimate of drug-likeness (QED) is 0.0681. The summed E-state index contributed by atoms with van der Waals surface area (Å²) in [5.74, 6) is -12.5.